The zero-order valence-corrected chi connectivity index (χ0v) is 6.32. The Morgan fingerprint density at radius 1 is 1.40 bits per heavy atom. The fourth-order valence-corrected chi connectivity index (χ4v) is 1.04. The fraction of sp³-hybridized carbons (Fsp3) is 0.143. The third-order valence-corrected chi connectivity index (χ3v) is 1.66. The SMILES string of the molecule is COc1ccccc1SF. The van der Waals surface area contributed by atoms with Crippen molar-refractivity contribution in [3.8, 4) is 5.75 Å². The second-order valence-corrected chi connectivity index (χ2v) is 2.32. The molecule has 0 N–H and O–H groups in total. The molecular formula is C7H7FOS. The number of benzene rings is 1. The highest BCUT2D eigenvalue weighted by molar-refractivity contribution is 7.94. The molecule has 0 aliphatic carbocycles. The van der Waals surface area contributed by atoms with Crippen molar-refractivity contribution in [2.45, 2.75) is 4.90 Å². The van der Waals surface area contributed by atoms with Gasteiger partial charge in [-0.25, -0.2) is 0 Å². The number of methoxy groups -OCH3 is 1. The van der Waals surface area contributed by atoms with Crippen molar-refractivity contribution in [1.29, 1.82) is 0 Å². The fourth-order valence-electron chi connectivity index (χ4n) is 0.683. The van der Waals surface area contributed by atoms with Gasteiger partial charge in [0.15, 0.2) is 0 Å². The minimum atomic E-state index is 0.195. The molecule has 0 atom stereocenters. The Kier molecular flexibility index (Phi) is 2.57. The molecule has 0 fully saturated rings. The predicted molar refractivity (Wildman–Crippen MR) is 40.0 cm³/mol. The van der Waals surface area contributed by atoms with Gasteiger partial charge in [-0.05, 0) is 12.1 Å². The molecular weight excluding hydrogens is 151 g/mol. The highest BCUT2D eigenvalue weighted by Gasteiger charge is 1.99. The third kappa shape index (κ3) is 1.42. The van der Waals surface area contributed by atoms with Gasteiger partial charge in [-0.3, -0.25) is 0 Å². The summed E-state index contributed by atoms with van der Waals surface area (Å²) in [5, 5.41) is 0. The van der Waals surface area contributed by atoms with Gasteiger partial charge in [0.05, 0.1) is 24.2 Å². The lowest BCUT2D eigenvalue weighted by molar-refractivity contribution is 0.404. The number of halogens is 1. The molecule has 0 saturated heterocycles. The van der Waals surface area contributed by atoms with E-state index in [0.29, 0.717) is 10.6 Å². The van der Waals surface area contributed by atoms with Crippen LogP contribution in [0.1, 0.15) is 0 Å². The minimum absolute atomic E-state index is 0.195. The van der Waals surface area contributed by atoms with Crippen LogP contribution in [-0.2, 0) is 0 Å². The Morgan fingerprint density at radius 2 is 2.10 bits per heavy atom. The summed E-state index contributed by atoms with van der Waals surface area (Å²) in [6.45, 7) is 0. The highest BCUT2D eigenvalue weighted by Crippen LogP contribution is 2.28. The van der Waals surface area contributed by atoms with Crippen LogP contribution < -0.4 is 4.74 Å². The second-order valence-electron chi connectivity index (χ2n) is 1.73. The predicted octanol–water partition coefficient (Wildman–Crippen LogP) is 2.67. The van der Waals surface area contributed by atoms with Gasteiger partial charge >= 0.3 is 0 Å². The van der Waals surface area contributed by atoms with Gasteiger partial charge in [-0.15, -0.1) is 0 Å². The maximum Gasteiger partial charge on any atom is 0.135 e. The smallest absolute Gasteiger partial charge is 0.135 e. The number of rotatable bonds is 2. The molecule has 10 heavy (non-hydrogen) atoms. The Bertz CT molecular complexity index is 192. The van der Waals surface area contributed by atoms with Crippen molar-refractivity contribution < 1.29 is 8.62 Å². The van der Waals surface area contributed by atoms with Gasteiger partial charge in [-0.1, -0.05) is 12.1 Å². The van der Waals surface area contributed by atoms with E-state index >= 15 is 0 Å². The van der Waals surface area contributed by atoms with Gasteiger partial charge in [-0.2, -0.15) is 3.89 Å². The molecule has 1 rings (SSSR count). The van der Waals surface area contributed by atoms with E-state index in [9.17, 15) is 3.89 Å². The van der Waals surface area contributed by atoms with Gasteiger partial charge in [0.25, 0.3) is 0 Å². The van der Waals surface area contributed by atoms with Gasteiger partial charge in [0.2, 0.25) is 0 Å². The molecule has 0 bridgehead atoms. The highest BCUT2D eigenvalue weighted by atomic mass is 32.2. The van der Waals surface area contributed by atoms with Crippen LogP contribution in [0, 0.1) is 0 Å². The monoisotopic (exact) mass is 158 g/mol. The zero-order valence-electron chi connectivity index (χ0n) is 5.50. The maximum atomic E-state index is 12.0. The van der Waals surface area contributed by atoms with Crippen molar-refractivity contribution >= 4 is 12.1 Å². The molecule has 0 saturated carbocycles. The average molecular weight is 158 g/mol. The average Bonchev–Trinajstić information content (AvgIpc) is 2.04. The molecule has 0 unspecified atom stereocenters. The lowest BCUT2D eigenvalue weighted by Crippen LogP contribution is -1.82. The summed E-state index contributed by atoms with van der Waals surface area (Å²) in [6, 6.07) is 6.97. The summed E-state index contributed by atoms with van der Waals surface area (Å²) in [5.41, 5.74) is 0. The number of ether oxygens (including phenoxy) is 1. The van der Waals surface area contributed by atoms with Crippen LogP contribution in [0.2, 0.25) is 0 Å². The molecule has 0 aliphatic heterocycles. The number of hydrogen-bond donors (Lipinski definition) is 0. The molecule has 1 aromatic rings. The minimum Gasteiger partial charge on any atom is -0.495 e. The van der Waals surface area contributed by atoms with Crippen molar-refractivity contribution in [2.24, 2.45) is 0 Å². The van der Waals surface area contributed by atoms with E-state index in [1.54, 1.807) is 24.3 Å². The first-order chi connectivity index (χ1) is 4.88. The largest absolute Gasteiger partial charge is 0.495 e. The van der Waals surface area contributed by atoms with E-state index in [1.807, 2.05) is 0 Å². The van der Waals surface area contributed by atoms with Crippen molar-refractivity contribution in [1.82, 2.24) is 0 Å². The van der Waals surface area contributed by atoms with Crippen LogP contribution in [0.25, 0.3) is 0 Å². The molecule has 1 aromatic carbocycles. The van der Waals surface area contributed by atoms with Crippen molar-refractivity contribution in [3.63, 3.8) is 0 Å². The van der Waals surface area contributed by atoms with E-state index in [-0.39, 0.29) is 12.1 Å². The molecule has 0 heterocycles. The molecule has 0 aliphatic rings. The Labute approximate surface area is 63.5 Å². The van der Waals surface area contributed by atoms with E-state index in [4.69, 9.17) is 4.74 Å². The molecule has 3 heteroatoms. The Balaban J connectivity index is 2.96. The quantitative estimate of drug-likeness (QED) is 0.654. The van der Waals surface area contributed by atoms with E-state index in [0.717, 1.165) is 0 Å². The lowest BCUT2D eigenvalue weighted by Gasteiger charge is -2.01. The summed E-state index contributed by atoms with van der Waals surface area (Å²) >= 11 is 0.195. The molecule has 0 radical (unpaired) electrons. The first kappa shape index (κ1) is 7.41. The van der Waals surface area contributed by atoms with E-state index < -0.39 is 0 Å². The van der Waals surface area contributed by atoms with Crippen LogP contribution in [0.4, 0.5) is 3.89 Å². The first-order valence-corrected chi connectivity index (χ1v) is 3.52. The summed E-state index contributed by atoms with van der Waals surface area (Å²) in [4.78, 5) is 0.519. The standard InChI is InChI=1S/C7H7FOS/c1-9-6-4-2-3-5-7(6)10-8/h2-5H,1H3. The first-order valence-electron chi connectivity index (χ1n) is 2.80. The molecule has 54 valence electrons. The van der Waals surface area contributed by atoms with Crippen LogP contribution >= 0.6 is 12.1 Å². The molecule has 0 spiro atoms. The van der Waals surface area contributed by atoms with Crippen molar-refractivity contribution in [2.75, 3.05) is 7.11 Å². The summed E-state index contributed by atoms with van der Waals surface area (Å²) in [6.07, 6.45) is 0. The van der Waals surface area contributed by atoms with Crippen molar-refractivity contribution in [3.05, 3.63) is 24.3 Å². The maximum absolute atomic E-state index is 12.0. The zero-order chi connectivity index (χ0) is 7.40. The van der Waals surface area contributed by atoms with Crippen LogP contribution in [0.3, 0.4) is 0 Å². The lowest BCUT2D eigenvalue weighted by atomic mass is 10.3. The van der Waals surface area contributed by atoms with Gasteiger partial charge in [0, 0.05) is 0 Å². The molecule has 0 amide bonds. The normalized spacial score (nSPS) is 9.40. The van der Waals surface area contributed by atoms with Crippen LogP contribution in [0.5, 0.6) is 5.75 Å². The Morgan fingerprint density at radius 3 is 2.60 bits per heavy atom. The second kappa shape index (κ2) is 3.46. The Hall–Kier alpha value is -0.700. The van der Waals surface area contributed by atoms with E-state index in [1.165, 1.54) is 7.11 Å². The van der Waals surface area contributed by atoms with Crippen LogP contribution in [-0.4, -0.2) is 7.11 Å². The third-order valence-electron chi connectivity index (χ3n) is 1.15. The van der Waals surface area contributed by atoms with Crippen LogP contribution in [0.15, 0.2) is 29.2 Å². The van der Waals surface area contributed by atoms with Gasteiger partial charge < -0.3 is 4.74 Å². The molecule has 1 nitrogen and oxygen atoms in total. The molecule has 0 aromatic heterocycles. The topological polar surface area (TPSA) is 9.23 Å². The van der Waals surface area contributed by atoms with E-state index in [2.05, 4.69) is 0 Å². The number of para-hydroxylation sites is 1. The summed E-state index contributed by atoms with van der Waals surface area (Å²) < 4.78 is 16.9. The number of hydrogen-bond acceptors (Lipinski definition) is 2. The summed E-state index contributed by atoms with van der Waals surface area (Å²) in [7, 11) is 1.52. The summed E-state index contributed by atoms with van der Waals surface area (Å²) in [5.74, 6) is 0.579. The van der Waals surface area contributed by atoms with Gasteiger partial charge in [0.1, 0.15) is 5.75 Å².